The lowest BCUT2D eigenvalue weighted by Crippen LogP contribution is -2.26. The average molecular weight is 335 g/mol. The number of hydrogen-bond donors (Lipinski definition) is 1. The van der Waals surface area contributed by atoms with Crippen molar-refractivity contribution in [2.75, 3.05) is 6.26 Å². The van der Waals surface area contributed by atoms with Crippen LogP contribution in [0.15, 0.2) is 22.7 Å². The molecule has 1 aromatic rings. The molecule has 0 radical (unpaired) electrons. The number of thioether (sulfide) groups is 1. The standard InChI is InChI=1S/C13H17BrClNS/c1-17-12-5-4-11(7-12)16-8-9-2-3-10(15)6-13(9)14/h2-3,6,11-12,16H,4-5,7-8H2,1H3. The molecule has 0 spiro atoms. The molecule has 0 amide bonds. The fourth-order valence-electron chi connectivity index (χ4n) is 2.26. The third kappa shape index (κ3) is 3.88. The largest absolute Gasteiger partial charge is 0.310 e. The van der Waals surface area contributed by atoms with Crippen LogP contribution in [0.5, 0.6) is 0 Å². The minimum atomic E-state index is 0.676. The molecule has 1 aliphatic rings. The second-order valence-corrected chi connectivity index (χ2v) is 6.91. The van der Waals surface area contributed by atoms with Gasteiger partial charge in [0, 0.05) is 27.3 Å². The molecule has 1 saturated carbocycles. The molecule has 0 heterocycles. The van der Waals surface area contributed by atoms with Crippen LogP contribution < -0.4 is 5.32 Å². The maximum atomic E-state index is 5.93. The zero-order chi connectivity index (χ0) is 12.3. The Kier molecular flexibility index (Phi) is 5.22. The van der Waals surface area contributed by atoms with Gasteiger partial charge in [-0.2, -0.15) is 11.8 Å². The van der Waals surface area contributed by atoms with E-state index in [1.54, 1.807) is 0 Å². The lowest BCUT2D eigenvalue weighted by molar-refractivity contribution is 0.524. The van der Waals surface area contributed by atoms with Gasteiger partial charge in [-0.15, -0.1) is 0 Å². The Morgan fingerprint density at radius 2 is 2.29 bits per heavy atom. The Labute approximate surface area is 121 Å². The van der Waals surface area contributed by atoms with E-state index in [4.69, 9.17) is 11.6 Å². The second-order valence-electron chi connectivity index (χ2n) is 4.48. The van der Waals surface area contributed by atoms with Gasteiger partial charge in [0.1, 0.15) is 0 Å². The van der Waals surface area contributed by atoms with E-state index in [1.807, 2.05) is 23.9 Å². The van der Waals surface area contributed by atoms with Crippen LogP contribution in [0.3, 0.4) is 0 Å². The third-order valence-electron chi connectivity index (χ3n) is 3.31. The van der Waals surface area contributed by atoms with Crippen molar-refractivity contribution < 1.29 is 0 Å². The highest BCUT2D eigenvalue weighted by molar-refractivity contribution is 9.10. The Hall–Kier alpha value is 0.300. The summed E-state index contributed by atoms with van der Waals surface area (Å²) in [6.45, 7) is 0.920. The molecule has 0 aliphatic heterocycles. The van der Waals surface area contributed by atoms with E-state index in [0.717, 1.165) is 21.3 Å². The van der Waals surface area contributed by atoms with Crippen molar-refractivity contribution >= 4 is 39.3 Å². The molecule has 2 rings (SSSR count). The fraction of sp³-hybridized carbons (Fsp3) is 0.538. The summed E-state index contributed by atoms with van der Waals surface area (Å²) in [6, 6.07) is 6.66. The maximum Gasteiger partial charge on any atom is 0.0417 e. The van der Waals surface area contributed by atoms with E-state index in [-0.39, 0.29) is 0 Å². The predicted molar refractivity (Wildman–Crippen MR) is 80.9 cm³/mol. The van der Waals surface area contributed by atoms with Crippen molar-refractivity contribution in [1.82, 2.24) is 5.32 Å². The smallest absolute Gasteiger partial charge is 0.0417 e. The number of nitrogens with one attached hydrogen (secondary N) is 1. The van der Waals surface area contributed by atoms with E-state index in [9.17, 15) is 0 Å². The summed E-state index contributed by atoms with van der Waals surface area (Å²) < 4.78 is 1.09. The minimum Gasteiger partial charge on any atom is -0.310 e. The van der Waals surface area contributed by atoms with Crippen LogP contribution in [0.25, 0.3) is 0 Å². The Bertz CT molecular complexity index is 386. The van der Waals surface area contributed by atoms with Crippen LogP contribution in [0, 0.1) is 0 Å². The van der Waals surface area contributed by atoms with Crippen LogP contribution in [0.1, 0.15) is 24.8 Å². The van der Waals surface area contributed by atoms with Crippen molar-refractivity contribution in [2.24, 2.45) is 0 Å². The maximum absolute atomic E-state index is 5.93. The van der Waals surface area contributed by atoms with Gasteiger partial charge in [0.2, 0.25) is 0 Å². The van der Waals surface area contributed by atoms with Crippen molar-refractivity contribution in [1.29, 1.82) is 0 Å². The summed E-state index contributed by atoms with van der Waals surface area (Å²) in [5, 5.41) is 5.27. The van der Waals surface area contributed by atoms with E-state index in [2.05, 4.69) is 33.6 Å². The highest BCUT2D eigenvalue weighted by Crippen LogP contribution is 2.29. The van der Waals surface area contributed by atoms with Gasteiger partial charge in [0.25, 0.3) is 0 Å². The van der Waals surface area contributed by atoms with Crippen LogP contribution in [-0.4, -0.2) is 17.5 Å². The van der Waals surface area contributed by atoms with Crippen molar-refractivity contribution in [3.8, 4) is 0 Å². The zero-order valence-corrected chi connectivity index (χ0v) is 13.0. The normalized spacial score (nSPS) is 24.2. The number of rotatable bonds is 4. The lowest BCUT2D eigenvalue weighted by atomic mass is 10.2. The number of benzene rings is 1. The van der Waals surface area contributed by atoms with Gasteiger partial charge in [-0.05, 0) is 43.2 Å². The molecular formula is C13H17BrClNS. The summed E-state index contributed by atoms with van der Waals surface area (Å²) in [7, 11) is 0. The van der Waals surface area contributed by atoms with Crippen LogP contribution >= 0.6 is 39.3 Å². The molecule has 2 unspecified atom stereocenters. The van der Waals surface area contributed by atoms with Gasteiger partial charge in [0.05, 0.1) is 0 Å². The molecule has 1 aliphatic carbocycles. The Morgan fingerprint density at radius 1 is 1.47 bits per heavy atom. The van der Waals surface area contributed by atoms with E-state index >= 15 is 0 Å². The van der Waals surface area contributed by atoms with E-state index in [1.165, 1.54) is 24.8 Å². The molecule has 17 heavy (non-hydrogen) atoms. The molecule has 1 fully saturated rings. The van der Waals surface area contributed by atoms with Crippen molar-refractivity contribution in [3.63, 3.8) is 0 Å². The summed E-state index contributed by atoms with van der Waals surface area (Å²) in [6.07, 6.45) is 6.16. The monoisotopic (exact) mass is 333 g/mol. The highest BCUT2D eigenvalue weighted by Gasteiger charge is 2.23. The molecule has 4 heteroatoms. The first-order valence-corrected chi connectivity index (χ1v) is 8.35. The van der Waals surface area contributed by atoms with Crippen LogP contribution in [-0.2, 0) is 6.54 Å². The first kappa shape index (κ1) is 13.7. The van der Waals surface area contributed by atoms with E-state index < -0.39 is 0 Å². The van der Waals surface area contributed by atoms with Gasteiger partial charge in [-0.25, -0.2) is 0 Å². The molecule has 1 N–H and O–H groups in total. The van der Waals surface area contributed by atoms with Gasteiger partial charge >= 0.3 is 0 Å². The second kappa shape index (κ2) is 6.46. The number of hydrogen-bond acceptors (Lipinski definition) is 2. The van der Waals surface area contributed by atoms with E-state index in [0.29, 0.717) is 6.04 Å². The summed E-state index contributed by atoms with van der Waals surface area (Å²) in [5.41, 5.74) is 1.28. The molecule has 1 nitrogen and oxygen atoms in total. The van der Waals surface area contributed by atoms with Crippen molar-refractivity contribution in [2.45, 2.75) is 37.1 Å². The number of halogens is 2. The van der Waals surface area contributed by atoms with Crippen molar-refractivity contribution in [3.05, 3.63) is 33.3 Å². The van der Waals surface area contributed by atoms with Crippen LogP contribution in [0.2, 0.25) is 5.02 Å². The SMILES string of the molecule is CSC1CCC(NCc2ccc(Cl)cc2Br)C1. The Morgan fingerprint density at radius 3 is 2.94 bits per heavy atom. The summed E-state index contributed by atoms with van der Waals surface area (Å²) in [4.78, 5) is 0. The van der Waals surface area contributed by atoms with Crippen LogP contribution in [0.4, 0.5) is 0 Å². The molecular weight excluding hydrogens is 318 g/mol. The van der Waals surface area contributed by atoms with Gasteiger partial charge < -0.3 is 5.32 Å². The molecule has 1 aromatic carbocycles. The molecule has 0 saturated heterocycles. The molecule has 2 atom stereocenters. The zero-order valence-electron chi connectivity index (χ0n) is 9.88. The fourth-order valence-corrected chi connectivity index (χ4v) is 3.88. The van der Waals surface area contributed by atoms with Gasteiger partial charge in [-0.1, -0.05) is 33.6 Å². The first-order chi connectivity index (χ1) is 8.19. The van der Waals surface area contributed by atoms with Gasteiger partial charge in [-0.3, -0.25) is 0 Å². The lowest BCUT2D eigenvalue weighted by Gasteiger charge is -2.13. The first-order valence-electron chi connectivity index (χ1n) is 5.89. The predicted octanol–water partition coefficient (Wildman–Crippen LogP) is 4.48. The molecule has 0 aromatic heterocycles. The highest BCUT2D eigenvalue weighted by atomic mass is 79.9. The van der Waals surface area contributed by atoms with Gasteiger partial charge in [0.15, 0.2) is 0 Å². The minimum absolute atomic E-state index is 0.676. The molecule has 94 valence electrons. The third-order valence-corrected chi connectivity index (χ3v) is 5.38. The summed E-state index contributed by atoms with van der Waals surface area (Å²) >= 11 is 11.5. The quantitative estimate of drug-likeness (QED) is 0.871. The molecule has 0 bridgehead atoms. The average Bonchev–Trinajstić information content (AvgIpc) is 2.76. The summed E-state index contributed by atoms with van der Waals surface area (Å²) in [5.74, 6) is 0. The topological polar surface area (TPSA) is 12.0 Å². The Balaban J connectivity index is 1.86.